The molecule has 180 valence electrons. The average molecular weight is 486 g/mol. The molecule has 0 radical (unpaired) electrons. The Morgan fingerprint density at radius 3 is 2.41 bits per heavy atom. The molecule has 0 atom stereocenters. The number of nitrogens with one attached hydrogen (secondary N) is 1. The Hall–Kier alpha value is -3.54. The summed E-state index contributed by atoms with van der Waals surface area (Å²) in [6.07, 6.45) is 3.60. The number of nitrogens with zero attached hydrogens (tertiary/aromatic N) is 3. The second-order valence-corrected chi connectivity index (χ2v) is 9.34. The van der Waals surface area contributed by atoms with E-state index in [1.807, 2.05) is 4.90 Å². The number of benzene rings is 2. The number of amides is 2. The van der Waals surface area contributed by atoms with Crippen molar-refractivity contribution in [1.29, 1.82) is 0 Å². The van der Waals surface area contributed by atoms with Crippen LogP contribution in [0.2, 0.25) is 0 Å². The highest BCUT2D eigenvalue weighted by molar-refractivity contribution is 7.89. The second-order valence-electron chi connectivity index (χ2n) is 7.78. The number of phenolic OH excluding ortho intramolecular Hbond substituents is 1. The van der Waals surface area contributed by atoms with E-state index in [0.717, 1.165) is 5.56 Å². The van der Waals surface area contributed by atoms with Gasteiger partial charge in [0.2, 0.25) is 10.0 Å². The molecule has 1 aliphatic rings. The lowest BCUT2D eigenvalue weighted by molar-refractivity contribution is -0.122. The summed E-state index contributed by atoms with van der Waals surface area (Å²) in [4.78, 5) is 28.4. The van der Waals surface area contributed by atoms with Crippen molar-refractivity contribution in [1.82, 2.24) is 15.2 Å². The van der Waals surface area contributed by atoms with E-state index in [4.69, 9.17) is 5.14 Å². The zero-order valence-electron chi connectivity index (χ0n) is 18.6. The smallest absolute Gasteiger partial charge is 0.254 e. The molecule has 4 N–H and O–H groups in total. The number of phenols is 1. The molecule has 0 spiro atoms. The molecule has 0 saturated carbocycles. The Bertz CT molecular complexity index is 1190. The number of aromatic hydroxyl groups is 1. The minimum Gasteiger partial charge on any atom is -0.507 e. The number of hydrogen-bond donors (Lipinski definition) is 3. The number of allylic oxidation sites excluding steroid dienone is 1. The van der Waals surface area contributed by atoms with E-state index >= 15 is 0 Å². The minimum atomic E-state index is -3.81. The highest BCUT2D eigenvalue weighted by atomic mass is 32.2. The Morgan fingerprint density at radius 1 is 1.12 bits per heavy atom. The van der Waals surface area contributed by atoms with Gasteiger partial charge in [-0.3, -0.25) is 14.5 Å². The normalized spacial score (nSPS) is 14.8. The number of nitrogens with two attached hydrogens (primary N) is 1. The third-order valence-corrected chi connectivity index (χ3v) is 6.29. The summed E-state index contributed by atoms with van der Waals surface area (Å²) in [5.74, 6) is -0.426. The maximum Gasteiger partial charge on any atom is 0.254 e. The molecule has 1 aliphatic heterocycles. The van der Waals surface area contributed by atoms with Gasteiger partial charge in [0.15, 0.2) is 0 Å². The molecule has 2 aromatic rings. The standard InChI is InChI=1S/C23H27N5O5S/c1-2-4-17-5-3-6-19(22(17)30)15-25-26-21(29)16-27-11-13-28(14-12-27)23(31)18-7-9-20(10-8-18)34(24,32)33/h2-3,5-10,15,30H,1,4,11-14,16H2,(H,26,29)(H2,24,32,33)/b25-15+. The van der Waals surface area contributed by atoms with Crippen molar-refractivity contribution in [3.05, 3.63) is 71.8 Å². The Kier molecular flexibility index (Phi) is 8.16. The summed E-state index contributed by atoms with van der Waals surface area (Å²) >= 11 is 0. The lowest BCUT2D eigenvalue weighted by Gasteiger charge is -2.34. The van der Waals surface area contributed by atoms with Crippen molar-refractivity contribution >= 4 is 28.1 Å². The van der Waals surface area contributed by atoms with Gasteiger partial charge in [0, 0.05) is 37.3 Å². The number of primary sulfonamides is 1. The first-order valence-electron chi connectivity index (χ1n) is 10.6. The fourth-order valence-electron chi connectivity index (χ4n) is 3.53. The molecular weight excluding hydrogens is 458 g/mol. The Labute approximate surface area is 198 Å². The van der Waals surface area contributed by atoms with E-state index in [1.54, 1.807) is 29.2 Å². The van der Waals surface area contributed by atoms with E-state index in [1.165, 1.54) is 30.5 Å². The van der Waals surface area contributed by atoms with Gasteiger partial charge in [-0.15, -0.1) is 6.58 Å². The van der Waals surface area contributed by atoms with Crippen molar-refractivity contribution < 1.29 is 23.1 Å². The van der Waals surface area contributed by atoms with Crippen LogP contribution in [0.15, 0.2) is 65.1 Å². The molecule has 1 saturated heterocycles. The van der Waals surface area contributed by atoms with Crippen molar-refractivity contribution in [3.8, 4) is 5.75 Å². The van der Waals surface area contributed by atoms with Gasteiger partial charge >= 0.3 is 0 Å². The molecule has 0 unspecified atom stereocenters. The molecule has 0 aliphatic carbocycles. The number of carbonyl (C=O) groups excluding carboxylic acids is 2. The molecule has 3 rings (SSSR count). The van der Waals surface area contributed by atoms with Crippen LogP contribution >= 0.6 is 0 Å². The third-order valence-electron chi connectivity index (χ3n) is 5.36. The second kappa shape index (κ2) is 11.1. The molecular formula is C23H27N5O5S. The molecule has 10 nitrogen and oxygen atoms in total. The zero-order chi connectivity index (χ0) is 24.7. The quantitative estimate of drug-likeness (QED) is 0.285. The number of hydrazone groups is 1. The van der Waals surface area contributed by atoms with Crippen LogP contribution in [0.25, 0.3) is 0 Å². The van der Waals surface area contributed by atoms with Crippen LogP contribution in [0.4, 0.5) is 0 Å². The van der Waals surface area contributed by atoms with Crippen LogP contribution in [0.5, 0.6) is 5.75 Å². The summed E-state index contributed by atoms with van der Waals surface area (Å²) in [5, 5.41) is 19.2. The van der Waals surface area contributed by atoms with Gasteiger partial charge in [0.1, 0.15) is 5.75 Å². The number of para-hydroxylation sites is 1. The van der Waals surface area contributed by atoms with Crippen LogP contribution in [0, 0.1) is 0 Å². The molecule has 0 bridgehead atoms. The summed E-state index contributed by atoms with van der Waals surface area (Å²) in [6.45, 7) is 5.63. The molecule has 11 heteroatoms. The third kappa shape index (κ3) is 6.50. The topological polar surface area (TPSA) is 145 Å². The molecule has 2 amide bonds. The first-order valence-corrected chi connectivity index (χ1v) is 12.1. The summed E-state index contributed by atoms with van der Waals surface area (Å²) < 4.78 is 22.7. The number of hydrogen-bond acceptors (Lipinski definition) is 7. The first-order chi connectivity index (χ1) is 16.2. The average Bonchev–Trinajstić information content (AvgIpc) is 2.81. The lowest BCUT2D eigenvalue weighted by atomic mass is 10.1. The highest BCUT2D eigenvalue weighted by Crippen LogP contribution is 2.21. The number of sulfonamides is 1. The van der Waals surface area contributed by atoms with Gasteiger partial charge in [0.25, 0.3) is 11.8 Å². The maximum absolute atomic E-state index is 12.7. The highest BCUT2D eigenvalue weighted by Gasteiger charge is 2.23. The van der Waals surface area contributed by atoms with Gasteiger partial charge in [-0.05, 0) is 42.3 Å². The van der Waals surface area contributed by atoms with Crippen LogP contribution < -0.4 is 10.6 Å². The number of rotatable bonds is 8. The van der Waals surface area contributed by atoms with Crippen LogP contribution in [0.1, 0.15) is 21.5 Å². The summed E-state index contributed by atoms with van der Waals surface area (Å²) in [5.41, 5.74) is 4.03. The van der Waals surface area contributed by atoms with Crippen LogP contribution in [-0.2, 0) is 21.2 Å². The molecule has 1 heterocycles. The van der Waals surface area contributed by atoms with Gasteiger partial charge < -0.3 is 10.0 Å². The first kappa shape index (κ1) is 25.1. The van der Waals surface area contributed by atoms with Gasteiger partial charge in [-0.1, -0.05) is 18.2 Å². The fourth-order valence-corrected chi connectivity index (χ4v) is 4.04. The van der Waals surface area contributed by atoms with E-state index < -0.39 is 10.0 Å². The van der Waals surface area contributed by atoms with Crippen molar-refractivity contribution in [2.45, 2.75) is 11.3 Å². The van der Waals surface area contributed by atoms with Crippen molar-refractivity contribution in [2.75, 3.05) is 32.7 Å². The molecule has 34 heavy (non-hydrogen) atoms. The minimum absolute atomic E-state index is 0.0535. The van der Waals surface area contributed by atoms with Crippen molar-refractivity contribution in [3.63, 3.8) is 0 Å². The Morgan fingerprint density at radius 2 is 1.79 bits per heavy atom. The van der Waals surface area contributed by atoms with Crippen LogP contribution in [0.3, 0.4) is 0 Å². The predicted molar refractivity (Wildman–Crippen MR) is 128 cm³/mol. The summed E-state index contributed by atoms with van der Waals surface area (Å²) in [7, 11) is -3.81. The van der Waals surface area contributed by atoms with E-state index in [0.29, 0.717) is 43.7 Å². The SMILES string of the molecule is C=CCc1cccc(/C=N/NC(=O)CN2CCN(C(=O)c3ccc(S(N)(=O)=O)cc3)CC2)c1O. The van der Waals surface area contributed by atoms with Crippen molar-refractivity contribution in [2.24, 2.45) is 10.2 Å². The number of carbonyl (C=O) groups is 2. The monoisotopic (exact) mass is 485 g/mol. The van der Waals surface area contributed by atoms with E-state index in [-0.39, 0.29) is 29.0 Å². The Balaban J connectivity index is 1.47. The maximum atomic E-state index is 12.7. The van der Waals surface area contributed by atoms with Gasteiger partial charge in [-0.25, -0.2) is 19.0 Å². The lowest BCUT2D eigenvalue weighted by Crippen LogP contribution is -2.50. The van der Waals surface area contributed by atoms with Crippen LogP contribution in [-0.4, -0.2) is 74.1 Å². The predicted octanol–water partition coefficient (Wildman–Crippen LogP) is 0.676. The molecule has 1 fully saturated rings. The largest absolute Gasteiger partial charge is 0.507 e. The van der Waals surface area contributed by atoms with E-state index in [2.05, 4.69) is 17.1 Å². The number of piperazine rings is 1. The summed E-state index contributed by atoms with van der Waals surface area (Å²) in [6, 6.07) is 10.7. The fraction of sp³-hybridized carbons (Fsp3) is 0.261. The van der Waals surface area contributed by atoms with E-state index in [9.17, 15) is 23.1 Å². The van der Waals surface area contributed by atoms with Gasteiger partial charge in [-0.2, -0.15) is 5.10 Å². The molecule has 2 aromatic carbocycles. The zero-order valence-corrected chi connectivity index (χ0v) is 19.4. The molecule has 0 aromatic heterocycles. The van der Waals surface area contributed by atoms with Gasteiger partial charge in [0.05, 0.1) is 17.7 Å².